The maximum Gasteiger partial charge on any atom is 0.254 e. The number of pyridine rings is 1. The summed E-state index contributed by atoms with van der Waals surface area (Å²) in [4.78, 5) is 20.0. The monoisotopic (exact) mass is 443 g/mol. The maximum atomic E-state index is 13.6. The fourth-order valence-electron chi connectivity index (χ4n) is 3.76. The van der Waals surface area contributed by atoms with Gasteiger partial charge in [-0.05, 0) is 50.2 Å². The summed E-state index contributed by atoms with van der Waals surface area (Å²) in [5.41, 5.74) is 5.12. The molecule has 0 radical (unpaired) electrons. The van der Waals surface area contributed by atoms with Crippen LogP contribution in [0.15, 0.2) is 54.7 Å². The van der Waals surface area contributed by atoms with E-state index >= 15 is 0 Å². The van der Waals surface area contributed by atoms with E-state index in [9.17, 15) is 10.1 Å². The lowest BCUT2D eigenvalue weighted by Gasteiger charge is -2.19. The van der Waals surface area contributed by atoms with Crippen molar-refractivity contribution in [2.45, 2.75) is 26.9 Å². The van der Waals surface area contributed by atoms with Crippen LogP contribution in [0.3, 0.4) is 0 Å². The number of nitrogens with zero attached hydrogens (tertiary/aromatic N) is 5. The lowest BCUT2D eigenvalue weighted by Crippen LogP contribution is -2.27. The van der Waals surface area contributed by atoms with Crippen molar-refractivity contribution < 1.29 is 4.79 Å². The van der Waals surface area contributed by atoms with Gasteiger partial charge in [0.1, 0.15) is 0 Å². The zero-order chi connectivity index (χ0) is 22.8. The van der Waals surface area contributed by atoms with E-state index in [-0.39, 0.29) is 5.91 Å². The van der Waals surface area contributed by atoms with E-state index in [1.165, 1.54) is 0 Å². The largest absolute Gasteiger partial charge is 0.337 e. The minimum absolute atomic E-state index is 0.153. The molecule has 0 aliphatic carbocycles. The summed E-state index contributed by atoms with van der Waals surface area (Å²) in [6.45, 7) is 5.24. The third kappa shape index (κ3) is 4.08. The Morgan fingerprint density at radius 3 is 2.72 bits per heavy atom. The number of carbonyl (C=O) groups is 1. The van der Waals surface area contributed by atoms with Gasteiger partial charge in [0.05, 0.1) is 34.6 Å². The lowest BCUT2D eigenvalue weighted by atomic mass is 10.0. The SMILES string of the molecule is CCn1ncc(CN(C)C(=O)c2cc(-c3cccc(Cl)c3)nc3ccc(C#N)cc23)c1C. The highest BCUT2D eigenvalue weighted by molar-refractivity contribution is 6.30. The Bertz CT molecular complexity index is 1370. The van der Waals surface area contributed by atoms with Gasteiger partial charge in [-0.1, -0.05) is 23.7 Å². The molecule has 0 aliphatic heterocycles. The van der Waals surface area contributed by atoms with Crippen molar-refractivity contribution in [3.63, 3.8) is 0 Å². The topological polar surface area (TPSA) is 74.8 Å². The van der Waals surface area contributed by atoms with E-state index in [0.29, 0.717) is 39.3 Å². The van der Waals surface area contributed by atoms with Gasteiger partial charge in [-0.25, -0.2) is 4.98 Å². The first-order chi connectivity index (χ1) is 15.4. The van der Waals surface area contributed by atoms with Crippen molar-refractivity contribution >= 4 is 28.4 Å². The zero-order valence-electron chi connectivity index (χ0n) is 18.1. The molecule has 0 N–H and O–H groups in total. The summed E-state index contributed by atoms with van der Waals surface area (Å²) in [6.07, 6.45) is 1.80. The number of aryl methyl sites for hydroxylation is 1. The lowest BCUT2D eigenvalue weighted by molar-refractivity contribution is 0.0787. The van der Waals surface area contributed by atoms with Crippen LogP contribution in [-0.2, 0) is 13.1 Å². The van der Waals surface area contributed by atoms with Gasteiger partial charge in [-0.2, -0.15) is 10.4 Å². The number of rotatable bonds is 5. The molecule has 0 aliphatic rings. The second-order valence-electron chi connectivity index (χ2n) is 7.64. The molecule has 0 spiro atoms. The number of hydrogen-bond donors (Lipinski definition) is 0. The summed E-state index contributed by atoms with van der Waals surface area (Å²) in [5.74, 6) is -0.153. The van der Waals surface area contributed by atoms with E-state index in [2.05, 4.69) is 11.2 Å². The van der Waals surface area contributed by atoms with E-state index < -0.39 is 0 Å². The molecule has 0 saturated carbocycles. The third-order valence-electron chi connectivity index (χ3n) is 5.55. The molecule has 160 valence electrons. The Morgan fingerprint density at radius 2 is 2.03 bits per heavy atom. The first-order valence-corrected chi connectivity index (χ1v) is 10.7. The van der Waals surface area contributed by atoms with Gasteiger partial charge in [-0.3, -0.25) is 9.48 Å². The first kappa shape index (κ1) is 21.5. The number of nitriles is 1. The van der Waals surface area contributed by atoms with Gasteiger partial charge in [0.15, 0.2) is 0 Å². The molecule has 4 rings (SSSR count). The van der Waals surface area contributed by atoms with E-state index in [1.54, 1.807) is 48.5 Å². The molecule has 2 heterocycles. The van der Waals surface area contributed by atoms with Gasteiger partial charge in [0.25, 0.3) is 5.91 Å². The molecule has 1 amide bonds. The summed E-state index contributed by atoms with van der Waals surface area (Å²) >= 11 is 6.18. The average Bonchev–Trinajstić information content (AvgIpc) is 3.16. The standard InChI is InChI=1S/C25H22ClN5O/c1-4-31-16(2)19(14-28-31)15-30(3)25(32)22-12-24(18-6-5-7-20(26)11-18)29-23-9-8-17(13-27)10-21(22)23/h5-12,14H,4,15H2,1-3H3. The average molecular weight is 444 g/mol. The highest BCUT2D eigenvalue weighted by Gasteiger charge is 2.20. The number of carbonyl (C=O) groups excluding carboxylic acids is 1. The normalized spacial score (nSPS) is 10.8. The Hall–Kier alpha value is -3.69. The number of hydrogen-bond acceptors (Lipinski definition) is 4. The van der Waals surface area contributed by atoms with Crippen LogP contribution in [0.2, 0.25) is 5.02 Å². The van der Waals surface area contributed by atoms with Crippen LogP contribution >= 0.6 is 11.6 Å². The highest BCUT2D eigenvalue weighted by Crippen LogP contribution is 2.28. The minimum atomic E-state index is -0.153. The minimum Gasteiger partial charge on any atom is -0.337 e. The van der Waals surface area contributed by atoms with Gasteiger partial charge in [-0.15, -0.1) is 0 Å². The third-order valence-corrected chi connectivity index (χ3v) is 5.78. The first-order valence-electron chi connectivity index (χ1n) is 10.3. The predicted octanol–water partition coefficient (Wildman–Crippen LogP) is 5.22. The molecular weight excluding hydrogens is 422 g/mol. The second kappa shape index (κ2) is 8.81. The van der Waals surface area contributed by atoms with Crippen molar-refractivity contribution in [3.05, 3.63) is 82.1 Å². The maximum absolute atomic E-state index is 13.6. The molecule has 32 heavy (non-hydrogen) atoms. The smallest absolute Gasteiger partial charge is 0.254 e. The van der Waals surface area contributed by atoms with E-state index in [4.69, 9.17) is 16.6 Å². The van der Waals surface area contributed by atoms with Crippen LogP contribution in [-0.4, -0.2) is 32.6 Å². The van der Waals surface area contributed by atoms with Gasteiger partial charge in [0.2, 0.25) is 0 Å². The molecule has 6 nitrogen and oxygen atoms in total. The van der Waals surface area contributed by atoms with Crippen LogP contribution in [0, 0.1) is 18.3 Å². The fraction of sp³-hybridized carbons (Fsp3) is 0.200. The molecule has 4 aromatic rings. The second-order valence-corrected chi connectivity index (χ2v) is 8.08. The summed E-state index contributed by atoms with van der Waals surface area (Å²) < 4.78 is 1.91. The number of amides is 1. The van der Waals surface area contributed by atoms with Crippen LogP contribution in [0.25, 0.3) is 22.2 Å². The molecule has 0 unspecified atom stereocenters. The molecule has 2 aromatic carbocycles. The summed E-state index contributed by atoms with van der Waals surface area (Å²) in [5, 5.41) is 15.0. The van der Waals surface area contributed by atoms with Crippen LogP contribution in [0.5, 0.6) is 0 Å². The van der Waals surface area contributed by atoms with Crippen LogP contribution in [0.1, 0.15) is 34.1 Å². The van der Waals surface area contributed by atoms with Gasteiger partial charge < -0.3 is 4.90 Å². The number of aromatic nitrogens is 3. The Balaban J connectivity index is 1.80. The molecular formula is C25H22ClN5O. The molecule has 2 aromatic heterocycles. The van der Waals surface area contributed by atoms with Crippen molar-refractivity contribution in [2.24, 2.45) is 0 Å². The van der Waals surface area contributed by atoms with Crippen molar-refractivity contribution in [3.8, 4) is 17.3 Å². The molecule has 0 atom stereocenters. The quantitative estimate of drug-likeness (QED) is 0.423. The van der Waals surface area contributed by atoms with E-state index in [0.717, 1.165) is 23.4 Å². The van der Waals surface area contributed by atoms with Crippen LogP contribution in [0.4, 0.5) is 0 Å². The van der Waals surface area contributed by atoms with Gasteiger partial charge in [0, 0.05) is 47.4 Å². The van der Waals surface area contributed by atoms with E-state index in [1.807, 2.05) is 36.7 Å². The van der Waals surface area contributed by atoms with Crippen molar-refractivity contribution in [1.82, 2.24) is 19.7 Å². The highest BCUT2D eigenvalue weighted by atomic mass is 35.5. The molecule has 0 saturated heterocycles. The number of halogens is 1. The molecule has 0 bridgehead atoms. The van der Waals surface area contributed by atoms with Gasteiger partial charge >= 0.3 is 0 Å². The molecule has 7 heteroatoms. The molecule has 0 fully saturated rings. The number of benzene rings is 2. The fourth-order valence-corrected chi connectivity index (χ4v) is 3.95. The Morgan fingerprint density at radius 1 is 1.22 bits per heavy atom. The predicted molar refractivity (Wildman–Crippen MR) is 125 cm³/mol. The van der Waals surface area contributed by atoms with Crippen molar-refractivity contribution in [2.75, 3.05) is 7.05 Å². The van der Waals surface area contributed by atoms with Crippen LogP contribution < -0.4 is 0 Å². The zero-order valence-corrected chi connectivity index (χ0v) is 18.9. The van der Waals surface area contributed by atoms with Crippen molar-refractivity contribution in [1.29, 1.82) is 5.26 Å². The summed E-state index contributed by atoms with van der Waals surface area (Å²) in [7, 11) is 1.77. The summed E-state index contributed by atoms with van der Waals surface area (Å²) in [6, 6.07) is 16.5. The Kier molecular flexibility index (Phi) is 5.93. The Labute approximate surface area is 191 Å². The number of fused-ring (bicyclic) bond motifs is 1.